The molecule has 0 aliphatic heterocycles. The van der Waals surface area contributed by atoms with Gasteiger partial charge in [0, 0.05) is 10.7 Å². The first-order valence-corrected chi connectivity index (χ1v) is 5.82. The maximum absolute atomic E-state index is 11.1. The third-order valence-corrected chi connectivity index (χ3v) is 3.06. The second-order valence-electron chi connectivity index (χ2n) is 2.51. The third-order valence-electron chi connectivity index (χ3n) is 1.50. The Morgan fingerprint density at radius 1 is 1.31 bits per heavy atom. The molecule has 13 heavy (non-hydrogen) atoms. The summed E-state index contributed by atoms with van der Waals surface area (Å²) in [6, 6.07) is 6.51. The van der Waals surface area contributed by atoms with Crippen LogP contribution in [0.4, 0.5) is 5.69 Å². The van der Waals surface area contributed by atoms with Gasteiger partial charge in [-0.3, -0.25) is 4.72 Å². The lowest BCUT2D eigenvalue weighted by Crippen LogP contribution is -2.14. The summed E-state index contributed by atoms with van der Waals surface area (Å²) in [6.45, 7) is 1.58. The molecule has 0 unspecified atom stereocenters. The van der Waals surface area contributed by atoms with Gasteiger partial charge in [-0.05, 0) is 31.2 Å². The molecule has 0 bridgehead atoms. The van der Waals surface area contributed by atoms with Gasteiger partial charge in [-0.1, -0.05) is 11.6 Å². The van der Waals surface area contributed by atoms with Crippen molar-refractivity contribution in [3.05, 3.63) is 29.3 Å². The first-order valence-electron chi connectivity index (χ1n) is 3.79. The average Bonchev–Trinajstić information content (AvgIpc) is 2.09. The quantitative estimate of drug-likeness (QED) is 0.847. The van der Waals surface area contributed by atoms with Crippen molar-refractivity contribution < 1.29 is 8.42 Å². The molecule has 5 heteroatoms. The van der Waals surface area contributed by atoms with Crippen molar-refractivity contribution in [2.45, 2.75) is 6.92 Å². The first kappa shape index (κ1) is 10.3. The topological polar surface area (TPSA) is 46.2 Å². The monoisotopic (exact) mass is 219 g/mol. The van der Waals surface area contributed by atoms with E-state index in [1.54, 1.807) is 31.2 Å². The van der Waals surface area contributed by atoms with E-state index in [1.807, 2.05) is 0 Å². The molecular formula is C8H10ClNO2S. The fraction of sp³-hybridized carbons (Fsp3) is 0.250. The van der Waals surface area contributed by atoms with Crippen molar-refractivity contribution >= 4 is 27.3 Å². The number of rotatable bonds is 3. The fourth-order valence-corrected chi connectivity index (χ4v) is 1.54. The summed E-state index contributed by atoms with van der Waals surface area (Å²) in [5, 5.41) is 0.583. The van der Waals surface area contributed by atoms with Crippen LogP contribution in [-0.4, -0.2) is 14.2 Å². The molecule has 3 nitrogen and oxygen atoms in total. The highest BCUT2D eigenvalue weighted by molar-refractivity contribution is 7.92. The minimum atomic E-state index is -3.18. The summed E-state index contributed by atoms with van der Waals surface area (Å²) < 4.78 is 24.6. The highest BCUT2D eigenvalue weighted by Gasteiger charge is 2.05. The third kappa shape index (κ3) is 3.24. The van der Waals surface area contributed by atoms with E-state index in [0.717, 1.165) is 0 Å². The molecule has 0 aromatic heterocycles. The molecule has 72 valence electrons. The zero-order chi connectivity index (χ0) is 9.90. The van der Waals surface area contributed by atoms with Crippen LogP contribution < -0.4 is 4.72 Å². The fourth-order valence-electron chi connectivity index (χ4n) is 0.770. The van der Waals surface area contributed by atoms with Gasteiger partial charge < -0.3 is 0 Å². The van der Waals surface area contributed by atoms with Crippen LogP contribution in [0.25, 0.3) is 0 Å². The van der Waals surface area contributed by atoms with E-state index in [2.05, 4.69) is 4.72 Å². The van der Waals surface area contributed by atoms with Crippen LogP contribution in [-0.2, 0) is 10.0 Å². The Bertz CT molecular complexity index is 372. The normalized spacial score (nSPS) is 11.2. The number of anilines is 1. The van der Waals surface area contributed by atoms with Gasteiger partial charge in [-0.2, -0.15) is 0 Å². The summed E-state index contributed by atoms with van der Waals surface area (Å²) in [4.78, 5) is 0. The maximum atomic E-state index is 11.1. The van der Waals surface area contributed by atoms with E-state index in [1.165, 1.54) is 0 Å². The molecule has 1 aromatic rings. The van der Waals surface area contributed by atoms with Gasteiger partial charge in [-0.15, -0.1) is 0 Å². The van der Waals surface area contributed by atoms with E-state index < -0.39 is 10.0 Å². The Balaban J connectivity index is 2.82. The molecule has 0 saturated heterocycles. The standard InChI is InChI=1S/C8H10ClNO2S/c1-2-13(11,12)10-8-5-3-7(9)4-6-8/h3-6,10H,2H2,1H3. The zero-order valence-electron chi connectivity index (χ0n) is 7.12. The van der Waals surface area contributed by atoms with E-state index >= 15 is 0 Å². The predicted molar refractivity (Wildman–Crippen MR) is 54.5 cm³/mol. The van der Waals surface area contributed by atoms with Crippen LogP contribution in [0.3, 0.4) is 0 Å². The predicted octanol–water partition coefficient (Wildman–Crippen LogP) is 2.10. The van der Waals surface area contributed by atoms with E-state index in [0.29, 0.717) is 10.7 Å². The molecule has 0 aliphatic rings. The molecule has 1 N–H and O–H groups in total. The summed E-state index contributed by atoms with van der Waals surface area (Å²) >= 11 is 5.64. The van der Waals surface area contributed by atoms with Gasteiger partial charge >= 0.3 is 0 Å². The largest absolute Gasteiger partial charge is 0.284 e. The van der Waals surface area contributed by atoms with E-state index in [-0.39, 0.29) is 5.75 Å². The Hall–Kier alpha value is -0.740. The summed E-state index contributed by atoms with van der Waals surface area (Å²) in [5.74, 6) is 0.0651. The Labute approximate surface area is 82.8 Å². The number of hydrogen-bond acceptors (Lipinski definition) is 2. The lowest BCUT2D eigenvalue weighted by atomic mass is 10.3. The molecule has 1 aromatic carbocycles. The van der Waals surface area contributed by atoms with Gasteiger partial charge in [-0.25, -0.2) is 8.42 Å². The molecule has 0 aliphatic carbocycles. The van der Waals surface area contributed by atoms with Crippen molar-refractivity contribution in [2.24, 2.45) is 0 Å². The molecule has 0 spiro atoms. The van der Waals surface area contributed by atoms with E-state index in [9.17, 15) is 8.42 Å². The Kier molecular flexibility index (Phi) is 3.17. The molecule has 0 heterocycles. The number of nitrogens with one attached hydrogen (secondary N) is 1. The van der Waals surface area contributed by atoms with Gasteiger partial charge in [0.1, 0.15) is 0 Å². The van der Waals surface area contributed by atoms with Crippen molar-refractivity contribution in [1.82, 2.24) is 0 Å². The minimum absolute atomic E-state index is 0.0651. The molecule has 0 saturated carbocycles. The number of halogens is 1. The van der Waals surface area contributed by atoms with Gasteiger partial charge in [0.25, 0.3) is 0 Å². The van der Waals surface area contributed by atoms with Crippen LogP contribution in [0.15, 0.2) is 24.3 Å². The van der Waals surface area contributed by atoms with Crippen LogP contribution in [0, 0.1) is 0 Å². The van der Waals surface area contributed by atoms with Gasteiger partial charge in [0.15, 0.2) is 0 Å². The highest BCUT2D eigenvalue weighted by atomic mass is 35.5. The van der Waals surface area contributed by atoms with Crippen molar-refractivity contribution in [1.29, 1.82) is 0 Å². The van der Waals surface area contributed by atoms with Crippen LogP contribution >= 0.6 is 11.6 Å². The van der Waals surface area contributed by atoms with Crippen LogP contribution in [0.1, 0.15) is 6.92 Å². The average molecular weight is 220 g/mol. The summed E-state index contributed by atoms with van der Waals surface area (Å²) in [7, 11) is -3.18. The summed E-state index contributed by atoms with van der Waals surface area (Å²) in [5.41, 5.74) is 0.534. The lowest BCUT2D eigenvalue weighted by Gasteiger charge is -2.04. The number of hydrogen-bond donors (Lipinski definition) is 1. The SMILES string of the molecule is CCS(=O)(=O)Nc1ccc(Cl)cc1. The molecular weight excluding hydrogens is 210 g/mol. The molecule has 0 radical (unpaired) electrons. The maximum Gasteiger partial charge on any atom is 0.232 e. The highest BCUT2D eigenvalue weighted by Crippen LogP contribution is 2.14. The molecule has 0 fully saturated rings. The van der Waals surface area contributed by atoms with Gasteiger partial charge in [0.2, 0.25) is 10.0 Å². The van der Waals surface area contributed by atoms with Crippen molar-refractivity contribution in [2.75, 3.05) is 10.5 Å². The van der Waals surface area contributed by atoms with Gasteiger partial charge in [0.05, 0.1) is 5.75 Å². The first-order chi connectivity index (χ1) is 6.03. The smallest absolute Gasteiger partial charge is 0.232 e. The second-order valence-corrected chi connectivity index (χ2v) is 4.96. The second kappa shape index (κ2) is 3.98. The van der Waals surface area contributed by atoms with Crippen molar-refractivity contribution in [3.8, 4) is 0 Å². The molecule has 0 atom stereocenters. The van der Waals surface area contributed by atoms with Crippen LogP contribution in [0.2, 0.25) is 5.02 Å². The minimum Gasteiger partial charge on any atom is -0.284 e. The Morgan fingerprint density at radius 3 is 2.31 bits per heavy atom. The molecule has 1 rings (SSSR count). The lowest BCUT2D eigenvalue weighted by molar-refractivity contribution is 0.602. The summed E-state index contributed by atoms with van der Waals surface area (Å²) in [6.07, 6.45) is 0. The van der Waals surface area contributed by atoms with Crippen molar-refractivity contribution in [3.63, 3.8) is 0 Å². The van der Waals surface area contributed by atoms with Crippen LogP contribution in [0.5, 0.6) is 0 Å². The number of benzene rings is 1. The number of sulfonamides is 1. The Morgan fingerprint density at radius 2 is 1.85 bits per heavy atom. The molecule has 0 amide bonds. The van der Waals surface area contributed by atoms with E-state index in [4.69, 9.17) is 11.6 Å². The zero-order valence-corrected chi connectivity index (χ0v) is 8.69.